The smallest absolute Gasteiger partial charge is 0.242 e. The van der Waals surface area contributed by atoms with Crippen LogP contribution in [0.2, 0.25) is 5.02 Å². The van der Waals surface area contributed by atoms with E-state index < -0.39 is 12.5 Å². The molecule has 1 aromatic carbocycles. The molecule has 0 radical (unpaired) electrons. The second kappa shape index (κ2) is 9.31. The molecular formula is C23H24Br2ClN3O3. The van der Waals surface area contributed by atoms with Gasteiger partial charge in [-0.2, -0.15) is 0 Å². The minimum atomic E-state index is -1.06. The van der Waals surface area contributed by atoms with Crippen molar-refractivity contribution in [2.24, 2.45) is 5.92 Å². The van der Waals surface area contributed by atoms with Crippen LogP contribution in [0, 0.1) is 5.92 Å². The van der Waals surface area contributed by atoms with E-state index in [2.05, 4.69) is 49.3 Å². The van der Waals surface area contributed by atoms with E-state index in [0.717, 1.165) is 45.3 Å². The molecule has 2 N–H and O–H groups in total. The molecule has 6 nitrogen and oxygen atoms in total. The molecule has 9 heteroatoms. The normalized spacial score (nSPS) is 25.9. The molecule has 3 aliphatic rings. The number of aliphatic hydroxyl groups is 1. The molecule has 0 bridgehead atoms. The third kappa shape index (κ3) is 4.38. The second-order valence-corrected chi connectivity index (χ2v) is 10.9. The van der Waals surface area contributed by atoms with Crippen molar-refractivity contribution in [1.29, 1.82) is 0 Å². The maximum Gasteiger partial charge on any atom is 0.242 e. The van der Waals surface area contributed by atoms with Gasteiger partial charge in [0.25, 0.3) is 0 Å². The zero-order valence-electron chi connectivity index (χ0n) is 17.4. The van der Waals surface area contributed by atoms with Crippen molar-refractivity contribution in [1.82, 2.24) is 15.2 Å². The summed E-state index contributed by atoms with van der Waals surface area (Å²) in [5, 5.41) is 13.0. The number of halogens is 3. The van der Waals surface area contributed by atoms with Gasteiger partial charge in [0, 0.05) is 39.2 Å². The molecule has 2 aromatic rings. The van der Waals surface area contributed by atoms with E-state index in [-0.39, 0.29) is 18.4 Å². The summed E-state index contributed by atoms with van der Waals surface area (Å²) in [5.41, 5.74) is 4.95. The Labute approximate surface area is 208 Å². The summed E-state index contributed by atoms with van der Waals surface area (Å²) in [4.78, 5) is 19.6. The number of nitrogens with zero attached hydrogens (tertiary/aromatic N) is 2. The summed E-state index contributed by atoms with van der Waals surface area (Å²) < 4.78 is 7.11. The van der Waals surface area contributed by atoms with Crippen LogP contribution < -0.4 is 5.32 Å². The maximum atomic E-state index is 12.8. The van der Waals surface area contributed by atoms with Crippen LogP contribution in [0.5, 0.6) is 0 Å². The van der Waals surface area contributed by atoms with Crippen molar-refractivity contribution in [2.45, 2.75) is 44.1 Å². The Morgan fingerprint density at radius 1 is 1.19 bits per heavy atom. The highest BCUT2D eigenvalue weighted by molar-refractivity contribution is 9.10. The number of ether oxygens (including phenoxy) is 1. The summed E-state index contributed by atoms with van der Waals surface area (Å²) in [5.74, 6) is 0.505. The molecule has 1 amide bonds. The largest absolute Gasteiger partial charge is 0.356 e. The van der Waals surface area contributed by atoms with Crippen LogP contribution in [-0.4, -0.2) is 53.0 Å². The monoisotopic (exact) mass is 583 g/mol. The number of carbonyl (C=O) groups is 1. The van der Waals surface area contributed by atoms with Gasteiger partial charge in [0.15, 0.2) is 0 Å². The van der Waals surface area contributed by atoms with E-state index in [4.69, 9.17) is 21.3 Å². The molecule has 5 rings (SSSR count). The Morgan fingerprint density at radius 3 is 2.66 bits per heavy atom. The fraction of sp³-hybridized carbons (Fsp3) is 0.478. The number of nitrogens with one attached hydrogen (secondary N) is 1. The number of carbonyl (C=O) groups excluding carboxylic acids is 1. The number of aryl methyl sites for hydroxylation is 2. The number of hydrogen-bond acceptors (Lipinski definition) is 5. The van der Waals surface area contributed by atoms with Crippen LogP contribution in [0.3, 0.4) is 0 Å². The summed E-state index contributed by atoms with van der Waals surface area (Å²) in [7, 11) is 0. The fourth-order valence-electron chi connectivity index (χ4n) is 5.30. The van der Waals surface area contributed by atoms with Gasteiger partial charge in [0.05, 0.1) is 12.3 Å². The highest BCUT2D eigenvalue weighted by Gasteiger charge is 2.38. The lowest BCUT2D eigenvalue weighted by molar-refractivity contribution is -0.134. The standard InChI is InChI=1S/C23H24Br2ClN3O3/c24-15-7-14-2-1-13-8-16(26)9-17(25)19(13)20(21(14)27-10-15)12-3-5-29(6-4-12)22(30)18-11-32-23(31)28-18/h7-10,12,18,20,23,28,31H,1-6,11H2. The van der Waals surface area contributed by atoms with E-state index in [1.54, 1.807) is 0 Å². The number of likely N-dealkylation sites (tertiary alicyclic amines) is 1. The van der Waals surface area contributed by atoms with E-state index in [9.17, 15) is 9.90 Å². The second-order valence-electron chi connectivity index (χ2n) is 8.70. The van der Waals surface area contributed by atoms with Crippen LogP contribution in [0.25, 0.3) is 0 Å². The number of hydrogen-bond donors (Lipinski definition) is 2. The molecule has 0 spiro atoms. The van der Waals surface area contributed by atoms with E-state index in [1.165, 1.54) is 16.7 Å². The van der Waals surface area contributed by atoms with Crippen molar-refractivity contribution >= 4 is 49.4 Å². The minimum absolute atomic E-state index is 0.00307. The van der Waals surface area contributed by atoms with E-state index in [0.29, 0.717) is 19.0 Å². The first kappa shape index (κ1) is 22.7. The zero-order valence-corrected chi connectivity index (χ0v) is 21.3. The summed E-state index contributed by atoms with van der Waals surface area (Å²) in [6, 6.07) is 5.78. The van der Waals surface area contributed by atoms with Gasteiger partial charge in [-0.15, -0.1) is 0 Å². The Balaban J connectivity index is 1.44. The molecule has 3 atom stereocenters. The number of fused-ring (bicyclic) bond motifs is 2. The van der Waals surface area contributed by atoms with Crippen molar-refractivity contribution in [2.75, 3.05) is 19.7 Å². The molecule has 2 saturated heterocycles. The first-order chi connectivity index (χ1) is 15.4. The molecule has 3 unspecified atom stereocenters. The van der Waals surface area contributed by atoms with Gasteiger partial charge in [0.1, 0.15) is 6.04 Å². The lowest BCUT2D eigenvalue weighted by Crippen LogP contribution is -2.49. The van der Waals surface area contributed by atoms with Gasteiger partial charge in [-0.05, 0) is 82.4 Å². The third-order valence-electron chi connectivity index (χ3n) is 6.80. The van der Waals surface area contributed by atoms with E-state index in [1.807, 2.05) is 17.2 Å². The molecule has 2 fully saturated rings. The fourth-order valence-corrected chi connectivity index (χ4v) is 6.80. The van der Waals surface area contributed by atoms with Crippen LogP contribution in [0.15, 0.2) is 33.3 Å². The average molecular weight is 586 g/mol. The highest BCUT2D eigenvalue weighted by Crippen LogP contribution is 2.46. The number of piperidine rings is 1. The van der Waals surface area contributed by atoms with Crippen molar-refractivity contribution in [3.63, 3.8) is 0 Å². The lowest BCUT2D eigenvalue weighted by atomic mass is 9.76. The van der Waals surface area contributed by atoms with Crippen molar-refractivity contribution < 1.29 is 14.6 Å². The van der Waals surface area contributed by atoms with Crippen molar-refractivity contribution in [3.8, 4) is 0 Å². The number of rotatable bonds is 2. The van der Waals surface area contributed by atoms with Crippen LogP contribution in [0.1, 0.15) is 41.1 Å². The summed E-state index contributed by atoms with van der Waals surface area (Å²) in [6.45, 7) is 1.57. The molecule has 32 heavy (non-hydrogen) atoms. The van der Waals surface area contributed by atoms with Crippen LogP contribution in [0.4, 0.5) is 0 Å². The first-order valence-electron chi connectivity index (χ1n) is 10.9. The molecule has 0 saturated carbocycles. The molecule has 1 aliphatic carbocycles. The minimum Gasteiger partial charge on any atom is -0.356 e. The number of aromatic nitrogens is 1. The summed E-state index contributed by atoms with van der Waals surface area (Å²) >= 11 is 13.8. The third-order valence-corrected chi connectivity index (χ3v) is 8.11. The van der Waals surface area contributed by atoms with Crippen LogP contribution >= 0.6 is 43.5 Å². The van der Waals surface area contributed by atoms with Gasteiger partial charge in [0.2, 0.25) is 12.3 Å². The lowest BCUT2D eigenvalue weighted by Gasteiger charge is -2.37. The Hall–Kier alpha value is -1.03. The molecule has 170 valence electrons. The molecule has 1 aromatic heterocycles. The van der Waals surface area contributed by atoms with E-state index >= 15 is 0 Å². The first-order valence-corrected chi connectivity index (χ1v) is 12.8. The van der Waals surface area contributed by atoms with Crippen LogP contribution in [-0.2, 0) is 22.4 Å². The predicted molar refractivity (Wildman–Crippen MR) is 129 cm³/mol. The molecule has 3 heterocycles. The summed E-state index contributed by atoms with van der Waals surface area (Å²) in [6.07, 6.45) is 4.44. The Kier molecular flexibility index (Phi) is 6.62. The van der Waals surface area contributed by atoms with Gasteiger partial charge in [-0.1, -0.05) is 27.5 Å². The topological polar surface area (TPSA) is 74.7 Å². The number of aliphatic hydroxyl groups excluding tert-OH is 1. The predicted octanol–water partition coefficient (Wildman–Crippen LogP) is 3.99. The SMILES string of the molecule is O=C(C1COC(O)N1)N1CCC(C2c3ncc(Br)cc3CCc3cc(Cl)cc(Br)c32)CC1. The van der Waals surface area contributed by atoms with Gasteiger partial charge in [-0.25, -0.2) is 0 Å². The number of benzene rings is 1. The highest BCUT2D eigenvalue weighted by atomic mass is 79.9. The van der Waals surface area contributed by atoms with Gasteiger partial charge < -0.3 is 14.7 Å². The Morgan fingerprint density at radius 2 is 1.94 bits per heavy atom. The van der Waals surface area contributed by atoms with Gasteiger partial charge >= 0.3 is 0 Å². The molecular weight excluding hydrogens is 562 g/mol. The average Bonchev–Trinajstić information content (AvgIpc) is 3.14. The maximum absolute atomic E-state index is 12.8. The van der Waals surface area contributed by atoms with Gasteiger partial charge in [-0.3, -0.25) is 15.1 Å². The zero-order chi connectivity index (χ0) is 22.4. The Bertz CT molecular complexity index is 1050. The quantitative estimate of drug-likeness (QED) is 0.558. The number of amides is 1. The molecule has 2 aliphatic heterocycles. The van der Waals surface area contributed by atoms with Crippen molar-refractivity contribution in [3.05, 3.63) is 60.7 Å². The number of pyridine rings is 1.